The van der Waals surface area contributed by atoms with Crippen molar-refractivity contribution >= 4 is 29.9 Å². The summed E-state index contributed by atoms with van der Waals surface area (Å²) in [5.41, 5.74) is 0.538. The maximum absolute atomic E-state index is 12.8. The van der Waals surface area contributed by atoms with Gasteiger partial charge < -0.3 is 34.6 Å². The average Bonchev–Trinajstić information content (AvgIpc) is 3.07. The number of halogens is 3. The quantitative estimate of drug-likeness (QED) is 0.221. The van der Waals surface area contributed by atoms with Crippen LogP contribution in [0.25, 0.3) is 0 Å². The Bertz CT molecular complexity index is 726. The first kappa shape index (κ1) is 25.7. The van der Waals surface area contributed by atoms with E-state index in [1.165, 1.54) is 12.5 Å². The van der Waals surface area contributed by atoms with Crippen LogP contribution in [0.15, 0.2) is 17.1 Å². The number of aliphatic imine (C=N–C) groups is 1. The number of alkyl halides is 2. The van der Waals surface area contributed by atoms with Crippen molar-refractivity contribution in [3.63, 3.8) is 0 Å². The summed E-state index contributed by atoms with van der Waals surface area (Å²) >= 11 is 0. The maximum Gasteiger partial charge on any atom is 0.387 e. The molecule has 8 nitrogen and oxygen atoms in total. The van der Waals surface area contributed by atoms with Crippen LogP contribution in [0.3, 0.4) is 0 Å². The lowest BCUT2D eigenvalue weighted by atomic mass is 10.1. The molecule has 2 aliphatic rings. The summed E-state index contributed by atoms with van der Waals surface area (Å²) in [5, 5.41) is 6.42. The van der Waals surface area contributed by atoms with Crippen LogP contribution in [0.2, 0.25) is 0 Å². The van der Waals surface area contributed by atoms with Gasteiger partial charge in [0.05, 0.1) is 0 Å². The molecule has 1 fully saturated rings. The maximum atomic E-state index is 12.8. The standard InChI is InChI=1S/C20H31F2N5O3.HI/c1-23-20(24-5-3-7-27-8-4-6-26(2)9-10-27)25-13-15-11-17-18(29-14-28-17)12-16(15)30-19(21)22;/h11-12,19H,3-10,13-14H2,1-2H3,(H2,23,24,25);1H. The van der Waals surface area contributed by atoms with Gasteiger partial charge in [-0.3, -0.25) is 4.99 Å². The zero-order valence-electron chi connectivity index (χ0n) is 18.0. The van der Waals surface area contributed by atoms with Gasteiger partial charge in [0.1, 0.15) is 5.75 Å². The molecule has 1 saturated heterocycles. The first-order chi connectivity index (χ1) is 14.5. The molecule has 0 spiro atoms. The Labute approximate surface area is 199 Å². The molecular formula is C20H32F2IN5O3. The van der Waals surface area contributed by atoms with Crippen LogP contribution in [0.4, 0.5) is 8.78 Å². The Morgan fingerprint density at radius 3 is 2.68 bits per heavy atom. The molecule has 0 unspecified atom stereocenters. The Kier molecular flexibility index (Phi) is 10.8. The van der Waals surface area contributed by atoms with E-state index in [1.807, 2.05) is 0 Å². The normalized spacial score (nSPS) is 17.3. The van der Waals surface area contributed by atoms with E-state index in [2.05, 4.69) is 37.2 Å². The van der Waals surface area contributed by atoms with Crippen molar-refractivity contribution in [2.75, 3.05) is 60.2 Å². The van der Waals surface area contributed by atoms with Crippen LogP contribution in [0.5, 0.6) is 17.2 Å². The van der Waals surface area contributed by atoms with Gasteiger partial charge in [0.15, 0.2) is 17.5 Å². The first-order valence-corrected chi connectivity index (χ1v) is 10.3. The average molecular weight is 555 g/mol. The molecule has 0 aliphatic carbocycles. The minimum Gasteiger partial charge on any atom is -0.454 e. The number of hydrogen-bond donors (Lipinski definition) is 2. The predicted octanol–water partition coefficient (Wildman–Crippen LogP) is 2.33. The summed E-state index contributed by atoms with van der Waals surface area (Å²) in [6.07, 6.45) is 2.19. The lowest BCUT2D eigenvalue weighted by molar-refractivity contribution is -0.0505. The predicted molar refractivity (Wildman–Crippen MR) is 126 cm³/mol. The number of hydrogen-bond acceptors (Lipinski definition) is 6. The Morgan fingerprint density at radius 1 is 1.16 bits per heavy atom. The van der Waals surface area contributed by atoms with Crippen LogP contribution in [-0.4, -0.2) is 82.5 Å². The first-order valence-electron chi connectivity index (χ1n) is 10.3. The highest BCUT2D eigenvalue weighted by atomic mass is 127. The summed E-state index contributed by atoms with van der Waals surface area (Å²) in [5.74, 6) is 1.57. The minimum absolute atomic E-state index is 0. The molecule has 0 bridgehead atoms. The molecule has 0 saturated carbocycles. The van der Waals surface area contributed by atoms with Crippen molar-refractivity contribution in [2.45, 2.75) is 26.0 Å². The van der Waals surface area contributed by atoms with E-state index in [0.717, 1.165) is 45.7 Å². The highest BCUT2D eigenvalue weighted by Crippen LogP contribution is 2.38. The van der Waals surface area contributed by atoms with Crippen molar-refractivity contribution in [2.24, 2.45) is 4.99 Å². The van der Waals surface area contributed by atoms with Crippen LogP contribution in [0, 0.1) is 0 Å². The number of fused-ring (bicyclic) bond motifs is 1. The highest BCUT2D eigenvalue weighted by Gasteiger charge is 2.20. The van der Waals surface area contributed by atoms with Crippen molar-refractivity contribution < 1.29 is 23.0 Å². The molecule has 11 heteroatoms. The van der Waals surface area contributed by atoms with Gasteiger partial charge in [0.2, 0.25) is 6.79 Å². The van der Waals surface area contributed by atoms with Crippen molar-refractivity contribution in [1.29, 1.82) is 0 Å². The molecule has 1 aromatic carbocycles. The van der Waals surface area contributed by atoms with Crippen molar-refractivity contribution in [1.82, 2.24) is 20.4 Å². The molecule has 0 amide bonds. The molecule has 2 aliphatic heterocycles. The number of nitrogens with one attached hydrogen (secondary N) is 2. The van der Waals surface area contributed by atoms with E-state index in [9.17, 15) is 8.78 Å². The fourth-order valence-electron chi connectivity index (χ4n) is 3.54. The number of nitrogens with zero attached hydrogens (tertiary/aromatic N) is 3. The van der Waals surface area contributed by atoms with E-state index < -0.39 is 6.61 Å². The molecule has 0 radical (unpaired) electrons. The molecule has 0 aromatic heterocycles. The molecular weight excluding hydrogens is 523 g/mol. The molecule has 0 atom stereocenters. The lowest BCUT2D eigenvalue weighted by Crippen LogP contribution is -2.38. The van der Waals surface area contributed by atoms with Gasteiger partial charge in [-0.2, -0.15) is 8.78 Å². The third kappa shape index (κ3) is 8.11. The second-order valence-corrected chi connectivity index (χ2v) is 7.40. The fourth-order valence-corrected chi connectivity index (χ4v) is 3.54. The molecule has 176 valence electrons. The van der Waals surface area contributed by atoms with E-state index in [1.54, 1.807) is 13.1 Å². The number of ether oxygens (including phenoxy) is 3. The smallest absolute Gasteiger partial charge is 0.387 e. The van der Waals surface area contributed by atoms with Crippen molar-refractivity contribution in [3.05, 3.63) is 17.7 Å². The number of rotatable bonds is 8. The SMILES string of the molecule is CN=C(NCCCN1CCCN(C)CC1)NCc1cc2c(cc1OC(F)F)OCO2.I. The van der Waals surface area contributed by atoms with E-state index >= 15 is 0 Å². The summed E-state index contributed by atoms with van der Waals surface area (Å²) in [4.78, 5) is 9.06. The Hall–Kier alpha value is -1.60. The third-order valence-electron chi connectivity index (χ3n) is 5.20. The van der Waals surface area contributed by atoms with Gasteiger partial charge in [-0.15, -0.1) is 24.0 Å². The largest absolute Gasteiger partial charge is 0.454 e. The molecule has 31 heavy (non-hydrogen) atoms. The fraction of sp³-hybridized carbons (Fsp3) is 0.650. The van der Waals surface area contributed by atoms with Crippen LogP contribution in [-0.2, 0) is 6.54 Å². The van der Waals surface area contributed by atoms with Gasteiger partial charge >= 0.3 is 6.61 Å². The number of guanidine groups is 1. The second-order valence-electron chi connectivity index (χ2n) is 7.40. The molecule has 2 heterocycles. The van der Waals surface area contributed by atoms with Crippen LogP contribution >= 0.6 is 24.0 Å². The zero-order chi connectivity index (χ0) is 21.3. The van der Waals surface area contributed by atoms with Gasteiger partial charge in [0, 0.05) is 44.9 Å². The zero-order valence-corrected chi connectivity index (χ0v) is 20.4. The molecule has 3 rings (SSSR count). The monoisotopic (exact) mass is 555 g/mol. The van der Waals surface area contributed by atoms with Gasteiger partial charge in [0.25, 0.3) is 0 Å². The molecule has 1 aromatic rings. The minimum atomic E-state index is -2.92. The summed E-state index contributed by atoms with van der Waals surface area (Å²) in [7, 11) is 3.84. The van der Waals surface area contributed by atoms with Gasteiger partial charge in [-0.25, -0.2) is 0 Å². The summed E-state index contributed by atoms with van der Waals surface area (Å²) in [6, 6.07) is 3.08. The summed E-state index contributed by atoms with van der Waals surface area (Å²) < 4.78 is 40.8. The number of benzene rings is 1. The Morgan fingerprint density at radius 2 is 1.94 bits per heavy atom. The van der Waals surface area contributed by atoms with Crippen LogP contribution < -0.4 is 24.8 Å². The van der Waals surface area contributed by atoms with Gasteiger partial charge in [-0.05, 0) is 45.6 Å². The second kappa shape index (κ2) is 13.1. The van der Waals surface area contributed by atoms with E-state index in [-0.39, 0.29) is 43.1 Å². The lowest BCUT2D eigenvalue weighted by Gasteiger charge is -2.20. The van der Waals surface area contributed by atoms with E-state index in [4.69, 9.17) is 9.47 Å². The molecule has 2 N–H and O–H groups in total. The third-order valence-corrected chi connectivity index (χ3v) is 5.20. The highest BCUT2D eigenvalue weighted by molar-refractivity contribution is 14.0. The summed E-state index contributed by atoms with van der Waals surface area (Å²) in [6.45, 7) is 3.71. The topological polar surface area (TPSA) is 70.6 Å². The Balaban J connectivity index is 0.00000341. The van der Waals surface area contributed by atoms with Crippen molar-refractivity contribution in [3.8, 4) is 17.2 Å². The van der Waals surface area contributed by atoms with E-state index in [0.29, 0.717) is 23.0 Å². The van der Waals surface area contributed by atoms with Crippen LogP contribution in [0.1, 0.15) is 18.4 Å². The number of likely N-dealkylation sites (N-methyl/N-ethyl adjacent to an activating group) is 1. The van der Waals surface area contributed by atoms with Gasteiger partial charge in [-0.1, -0.05) is 0 Å².